The predicted molar refractivity (Wildman–Crippen MR) is 115 cm³/mol. The largest absolute Gasteiger partial charge is 0.416 e. The molecule has 0 saturated carbocycles. The molecule has 0 spiro atoms. The minimum Gasteiger partial charge on any atom is -0.353 e. The number of carbonyl (C=O) groups excluding carboxylic acids is 1. The van der Waals surface area contributed by atoms with E-state index in [0.717, 1.165) is 10.9 Å². The number of likely N-dealkylation sites (N-methyl/N-ethyl adjacent to an activating group) is 1. The molecule has 0 radical (unpaired) electrons. The number of aliphatic imine (C=N–C) groups is 1. The van der Waals surface area contributed by atoms with Crippen LogP contribution in [0.25, 0.3) is 0 Å². The Balaban J connectivity index is 2.17. The number of thiophene rings is 1. The van der Waals surface area contributed by atoms with Gasteiger partial charge in [0.25, 0.3) is 0 Å². The van der Waals surface area contributed by atoms with Gasteiger partial charge in [0.05, 0.1) is 12.1 Å². The zero-order valence-corrected chi connectivity index (χ0v) is 18.3. The number of carbonyl (C=O) groups is 1. The third-order valence-electron chi connectivity index (χ3n) is 4.75. The van der Waals surface area contributed by atoms with Crippen LogP contribution in [0.2, 0.25) is 0 Å². The first-order chi connectivity index (χ1) is 14.1. The first-order valence-electron chi connectivity index (χ1n) is 9.53. The molecule has 0 bridgehead atoms. The number of guanidine groups is 1. The zero-order chi connectivity index (χ0) is 22.3. The minimum absolute atomic E-state index is 0.0625. The van der Waals surface area contributed by atoms with E-state index in [4.69, 9.17) is 0 Å². The molecule has 2 unspecified atom stereocenters. The SMILES string of the molecule is CC(NC(=NCC(=O)N(C)C)NCc1cccs1)C(C)c1ccccc1C(F)(F)F. The Labute approximate surface area is 179 Å². The van der Waals surface area contributed by atoms with Crippen LogP contribution in [-0.4, -0.2) is 43.4 Å². The Kier molecular flexibility index (Phi) is 8.28. The summed E-state index contributed by atoms with van der Waals surface area (Å²) in [5, 5.41) is 8.26. The van der Waals surface area contributed by atoms with Gasteiger partial charge in [0.15, 0.2) is 5.96 Å². The van der Waals surface area contributed by atoms with Gasteiger partial charge in [0.1, 0.15) is 6.54 Å². The van der Waals surface area contributed by atoms with E-state index in [1.807, 2.05) is 17.5 Å². The molecule has 2 atom stereocenters. The van der Waals surface area contributed by atoms with E-state index >= 15 is 0 Å². The highest BCUT2D eigenvalue weighted by Crippen LogP contribution is 2.35. The minimum atomic E-state index is -4.42. The average Bonchev–Trinajstić information content (AvgIpc) is 3.21. The quantitative estimate of drug-likeness (QED) is 0.504. The molecule has 9 heteroatoms. The lowest BCUT2D eigenvalue weighted by Crippen LogP contribution is -2.44. The lowest BCUT2D eigenvalue weighted by Gasteiger charge is -2.26. The third kappa shape index (κ3) is 6.76. The second-order valence-electron chi connectivity index (χ2n) is 7.19. The Bertz CT molecular complexity index is 850. The normalized spacial score (nSPS) is 14.2. The highest BCUT2D eigenvalue weighted by molar-refractivity contribution is 7.09. The van der Waals surface area contributed by atoms with Crippen LogP contribution in [0.3, 0.4) is 0 Å². The van der Waals surface area contributed by atoms with Crippen molar-refractivity contribution in [2.45, 2.75) is 38.5 Å². The summed E-state index contributed by atoms with van der Waals surface area (Å²) in [6.07, 6.45) is -4.42. The number of hydrogen-bond donors (Lipinski definition) is 2. The van der Waals surface area contributed by atoms with E-state index < -0.39 is 17.7 Å². The molecule has 30 heavy (non-hydrogen) atoms. The number of benzene rings is 1. The molecule has 0 saturated heterocycles. The summed E-state index contributed by atoms with van der Waals surface area (Å²) in [4.78, 5) is 18.7. The number of nitrogens with one attached hydrogen (secondary N) is 2. The fourth-order valence-electron chi connectivity index (χ4n) is 2.79. The lowest BCUT2D eigenvalue weighted by atomic mass is 9.90. The van der Waals surface area contributed by atoms with E-state index in [2.05, 4.69) is 15.6 Å². The summed E-state index contributed by atoms with van der Waals surface area (Å²) in [7, 11) is 3.28. The highest BCUT2D eigenvalue weighted by Gasteiger charge is 2.35. The smallest absolute Gasteiger partial charge is 0.353 e. The Morgan fingerprint density at radius 1 is 1.17 bits per heavy atom. The molecule has 1 aromatic heterocycles. The van der Waals surface area contributed by atoms with Gasteiger partial charge < -0.3 is 15.5 Å². The van der Waals surface area contributed by atoms with Gasteiger partial charge in [-0.05, 0) is 30.0 Å². The molecule has 164 valence electrons. The van der Waals surface area contributed by atoms with Crippen LogP contribution in [0.5, 0.6) is 0 Å². The monoisotopic (exact) mass is 440 g/mol. The summed E-state index contributed by atoms with van der Waals surface area (Å²) in [5.74, 6) is -0.237. The van der Waals surface area contributed by atoms with Crippen LogP contribution in [-0.2, 0) is 17.5 Å². The van der Waals surface area contributed by atoms with E-state index in [1.165, 1.54) is 17.0 Å². The zero-order valence-electron chi connectivity index (χ0n) is 17.5. The lowest BCUT2D eigenvalue weighted by molar-refractivity contribution is -0.138. The number of rotatable bonds is 7. The molecular weight excluding hydrogens is 413 g/mol. The molecule has 1 aromatic carbocycles. The Morgan fingerprint density at radius 3 is 2.47 bits per heavy atom. The molecule has 2 aromatic rings. The van der Waals surface area contributed by atoms with Crippen molar-refractivity contribution in [1.82, 2.24) is 15.5 Å². The van der Waals surface area contributed by atoms with E-state index in [0.29, 0.717) is 12.5 Å². The summed E-state index contributed by atoms with van der Waals surface area (Å²) in [5.41, 5.74) is -0.425. The van der Waals surface area contributed by atoms with Crippen molar-refractivity contribution in [3.63, 3.8) is 0 Å². The van der Waals surface area contributed by atoms with Crippen LogP contribution in [0, 0.1) is 0 Å². The number of halogens is 3. The molecule has 0 aliphatic rings. The molecule has 1 amide bonds. The van der Waals surface area contributed by atoms with E-state index in [9.17, 15) is 18.0 Å². The first kappa shape index (κ1) is 23.7. The fourth-order valence-corrected chi connectivity index (χ4v) is 3.43. The van der Waals surface area contributed by atoms with Gasteiger partial charge in [-0.25, -0.2) is 4.99 Å². The second kappa shape index (κ2) is 10.5. The van der Waals surface area contributed by atoms with Crippen molar-refractivity contribution in [2.75, 3.05) is 20.6 Å². The highest BCUT2D eigenvalue weighted by atomic mass is 32.1. The van der Waals surface area contributed by atoms with E-state index in [-0.39, 0.29) is 24.1 Å². The number of nitrogens with zero attached hydrogens (tertiary/aromatic N) is 2. The second-order valence-corrected chi connectivity index (χ2v) is 8.22. The number of hydrogen-bond acceptors (Lipinski definition) is 3. The van der Waals surface area contributed by atoms with Crippen molar-refractivity contribution < 1.29 is 18.0 Å². The van der Waals surface area contributed by atoms with Crippen LogP contribution >= 0.6 is 11.3 Å². The van der Waals surface area contributed by atoms with Crippen LogP contribution < -0.4 is 10.6 Å². The Hall–Kier alpha value is -2.55. The molecular formula is C21H27F3N4OS. The molecule has 2 rings (SSSR count). The molecule has 0 fully saturated rings. The van der Waals surface area contributed by atoms with Crippen molar-refractivity contribution in [2.24, 2.45) is 4.99 Å². The van der Waals surface area contributed by atoms with Crippen LogP contribution in [0.4, 0.5) is 13.2 Å². The molecule has 5 nitrogen and oxygen atoms in total. The third-order valence-corrected chi connectivity index (χ3v) is 5.63. The van der Waals surface area contributed by atoms with Crippen molar-refractivity contribution in [3.05, 3.63) is 57.8 Å². The van der Waals surface area contributed by atoms with Crippen LogP contribution in [0.15, 0.2) is 46.8 Å². The Morgan fingerprint density at radius 2 is 1.87 bits per heavy atom. The summed E-state index contributed by atoms with van der Waals surface area (Å²) < 4.78 is 40.2. The van der Waals surface area contributed by atoms with Gasteiger partial charge in [-0.2, -0.15) is 13.2 Å². The number of alkyl halides is 3. The number of amides is 1. The molecule has 0 aliphatic carbocycles. The summed E-state index contributed by atoms with van der Waals surface area (Å²) in [6.45, 7) is 3.98. The van der Waals surface area contributed by atoms with Crippen LogP contribution in [0.1, 0.15) is 35.8 Å². The van der Waals surface area contributed by atoms with E-state index in [1.54, 1.807) is 45.3 Å². The van der Waals surface area contributed by atoms with Gasteiger partial charge in [0.2, 0.25) is 5.91 Å². The van der Waals surface area contributed by atoms with Gasteiger partial charge in [-0.3, -0.25) is 4.79 Å². The first-order valence-corrected chi connectivity index (χ1v) is 10.4. The van der Waals surface area contributed by atoms with Gasteiger partial charge in [0, 0.05) is 30.9 Å². The predicted octanol–water partition coefficient (Wildman–Crippen LogP) is 4.08. The maximum Gasteiger partial charge on any atom is 0.416 e. The maximum absolute atomic E-state index is 13.4. The van der Waals surface area contributed by atoms with Gasteiger partial charge in [-0.1, -0.05) is 31.2 Å². The van der Waals surface area contributed by atoms with Gasteiger partial charge >= 0.3 is 6.18 Å². The topological polar surface area (TPSA) is 56.7 Å². The molecule has 1 heterocycles. The van der Waals surface area contributed by atoms with Gasteiger partial charge in [-0.15, -0.1) is 11.3 Å². The van der Waals surface area contributed by atoms with Crippen molar-refractivity contribution >= 4 is 23.2 Å². The standard InChI is InChI=1S/C21H27F3N4OS/c1-14(17-9-5-6-10-18(17)21(22,23)24)15(2)27-20(26-13-19(29)28(3)4)25-12-16-8-7-11-30-16/h5-11,14-15H,12-13H2,1-4H3,(H2,25,26,27). The summed E-state index contributed by atoms with van der Waals surface area (Å²) >= 11 is 1.58. The maximum atomic E-state index is 13.4. The molecule has 2 N–H and O–H groups in total. The summed E-state index contributed by atoms with van der Waals surface area (Å²) in [6, 6.07) is 9.12. The fraction of sp³-hybridized carbons (Fsp3) is 0.429. The van der Waals surface area contributed by atoms with Crippen molar-refractivity contribution in [1.29, 1.82) is 0 Å². The van der Waals surface area contributed by atoms with Crippen molar-refractivity contribution in [3.8, 4) is 0 Å². The average molecular weight is 441 g/mol. The molecule has 0 aliphatic heterocycles.